The van der Waals surface area contributed by atoms with E-state index in [0.29, 0.717) is 5.13 Å². The quantitative estimate of drug-likeness (QED) is 0.570. The van der Waals surface area contributed by atoms with Gasteiger partial charge in [0.25, 0.3) is 15.9 Å². The van der Waals surface area contributed by atoms with Crippen LogP contribution in [0, 0.1) is 5.82 Å². The first-order chi connectivity index (χ1) is 13.7. The molecule has 0 radical (unpaired) electrons. The summed E-state index contributed by atoms with van der Waals surface area (Å²) in [7, 11) is -4.10. The van der Waals surface area contributed by atoms with E-state index in [1.54, 1.807) is 0 Å². The summed E-state index contributed by atoms with van der Waals surface area (Å²) in [5.74, 6) is -0.878. The van der Waals surface area contributed by atoms with Gasteiger partial charge in [-0.15, -0.1) is 10.2 Å². The molecule has 0 aliphatic rings. The molecule has 0 saturated heterocycles. The predicted molar refractivity (Wildman–Crippen MR) is 111 cm³/mol. The molecular weight excluding hydrogens is 439 g/mol. The molecule has 0 spiro atoms. The number of sulfonamides is 1. The first-order valence-corrected chi connectivity index (χ1v) is 11.1. The molecule has 7 nitrogen and oxygen atoms in total. The minimum Gasteiger partial charge on any atom is -0.296 e. The van der Waals surface area contributed by atoms with Crippen molar-refractivity contribution in [2.45, 2.75) is 24.7 Å². The zero-order chi connectivity index (χ0) is 21.2. The molecule has 0 atom stereocenters. The van der Waals surface area contributed by atoms with Crippen molar-refractivity contribution in [2.24, 2.45) is 0 Å². The van der Waals surface area contributed by atoms with Crippen molar-refractivity contribution in [3.05, 3.63) is 63.9 Å². The lowest BCUT2D eigenvalue weighted by Crippen LogP contribution is -2.16. The van der Waals surface area contributed by atoms with E-state index in [1.165, 1.54) is 35.6 Å². The number of benzene rings is 2. The maximum atomic E-state index is 13.0. The maximum absolute atomic E-state index is 13.0. The van der Waals surface area contributed by atoms with Crippen molar-refractivity contribution in [1.29, 1.82) is 0 Å². The van der Waals surface area contributed by atoms with Crippen LogP contribution in [-0.4, -0.2) is 24.5 Å². The Hall–Kier alpha value is -2.56. The van der Waals surface area contributed by atoms with E-state index < -0.39 is 21.7 Å². The number of halogens is 2. The van der Waals surface area contributed by atoms with Crippen molar-refractivity contribution < 1.29 is 17.6 Å². The van der Waals surface area contributed by atoms with Gasteiger partial charge in [0.2, 0.25) is 5.13 Å². The molecule has 0 aliphatic carbocycles. The fourth-order valence-electron chi connectivity index (χ4n) is 2.27. The van der Waals surface area contributed by atoms with Gasteiger partial charge in [0.15, 0.2) is 0 Å². The molecule has 29 heavy (non-hydrogen) atoms. The summed E-state index contributed by atoms with van der Waals surface area (Å²) in [6, 6.07) is 8.67. The fraction of sp³-hybridized carbons (Fsp3) is 0.167. The fourth-order valence-corrected chi connectivity index (χ4v) is 4.59. The normalized spacial score (nSPS) is 11.5. The topological polar surface area (TPSA) is 101 Å². The average molecular weight is 455 g/mol. The molecule has 0 unspecified atom stereocenters. The van der Waals surface area contributed by atoms with Crippen LogP contribution in [0.4, 0.5) is 15.2 Å². The summed E-state index contributed by atoms with van der Waals surface area (Å²) in [5, 5.41) is 11.5. The number of rotatable bonds is 6. The molecule has 3 rings (SSSR count). The number of hydrogen-bond donors (Lipinski definition) is 2. The number of hydrogen-bond acceptors (Lipinski definition) is 6. The van der Waals surface area contributed by atoms with Crippen molar-refractivity contribution in [3.8, 4) is 0 Å². The zero-order valence-electron chi connectivity index (χ0n) is 15.3. The second-order valence-electron chi connectivity index (χ2n) is 6.31. The maximum Gasteiger partial charge on any atom is 0.263 e. The molecule has 1 amide bonds. The van der Waals surface area contributed by atoms with Gasteiger partial charge in [-0.25, -0.2) is 12.8 Å². The molecule has 0 fully saturated rings. The molecule has 2 aromatic carbocycles. The highest BCUT2D eigenvalue weighted by molar-refractivity contribution is 7.92. The van der Waals surface area contributed by atoms with Gasteiger partial charge >= 0.3 is 0 Å². The van der Waals surface area contributed by atoms with Gasteiger partial charge in [0, 0.05) is 17.2 Å². The summed E-state index contributed by atoms with van der Waals surface area (Å²) < 4.78 is 40.7. The second-order valence-corrected chi connectivity index (χ2v) is 9.38. The Morgan fingerprint density at radius 1 is 1.14 bits per heavy atom. The summed E-state index contributed by atoms with van der Waals surface area (Å²) in [6.45, 7) is 3.91. The number of amides is 1. The van der Waals surface area contributed by atoms with Crippen LogP contribution in [0.3, 0.4) is 0 Å². The minimum absolute atomic E-state index is 0.0610. The summed E-state index contributed by atoms with van der Waals surface area (Å²) in [5.41, 5.74) is 0.238. The Kier molecular flexibility index (Phi) is 6.15. The van der Waals surface area contributed by atoms with Crippen molar-refractivity contribution in [3.63, 3.8) is 0 Å². The van der Waals surface area contributed by atoms with Crippen LogP contribution in [0.1, 0.15) is 35.1 Å². The molecule has 0 saturated carbocycles. The molecule has 1 heterocycles. The van der Waals surface area contributed by atoms with Crippen LogP contribution in [0.5, 0.6) is 0 Å². The lowest BCUT2D eigenvalue weighted by molar-refractivity contribution is 0.102. The van der Waals surface area contributed by atoms with Gasteiger partial charge in [-0.3, -0.25) is 14.8 Å². The largest absolute Gasteiger partial charge is 0.296 e. The third-order valence-electron chi connectivity index (χ3n) is 3.73. The van der Waals surface area contributed by atoms with E-state index in [-0.39, 0.29) is 27.1 Å². The lowest BCUT2D eigenvalue weighted by atomic mass is 10.2. The van der Waals surface area contributed by atoms with E-state index in [4.69, 9.17) is 11.6 Å². The Balaban J connectivity index is 1.84. The first-order valence-electron chi connectivity index (χ1n) is 8.38. The summed E-state index contributed by atoms with van der Waals surface area (Å²) in [6.07, 6.45) is 0. The third-order valence-corrected chi connectivity index (χ3v) is 6.74. The number of carbonyl (C=O) groups excluding carboxylic acids is 1. The predicted octanol–water partition coefficient (Wildman–Crippen LogP) is 4.51. The van der Waals surface area contributed by atoms with Crippen molar-refractivity contribution in [2.75, 3.05) is 10.0 Å². The Bertz CT molecular complexity index is 1150. The molecule has 11 heteroatoms. The molecule has 3 aromatic rings. The van der Waals surface area contributed by atoms with E-state index in [1.807, 2.05) is 13.8 Å². The number of anilines is 2. The van der Waals surface area contributed by atoms with Crippen LogP contribution in [0.2, 0.25) is 5.02 Å². The number of nitrogens with one attached hydrogen (secondary N) is 2. The number of aromatic nitrogens is 2. The molecule has 0 bridgehead atoms. The number of carbonyl (C=O) groups is 1. The average Bonchev–Trinajstić information content (AvgIpc) is 3.12. The molecule has 0 aliphatic heterocycles. The van der Waals surface area contributed by atoms with Crippen LogP contribution < -0.4 is 10.0 Å². The smallest absolute Gasteiger partial charge is 0.263 e. The first kappa shape index (κ1) is 21.2. The summed E-state index contributed by atoms with van der Waals surface area (Å²) in [4.78, 5) is 12.2. The molecular formula is C18H16ClFN4O3S2. The van der Waals surface area contributed by atoms with Crippen LogP contribution >= 0.6 is 22.9 Å². The standard InChI is InChI=1S/C18H16ClFN4O3S2/c1-10(2)17-22-23-18(28-17)21-16(25)11-3-8-14(19)15(9-11)29(26,27)24-13-6-4-12(20)5-7-13/h3-10,24H,1-2H3,(H,21,23,25). The van der Waals surface area contributed by atoms with E-state index in [0.717, 1.165) is 23.2 Å². The second kappa shape index (κ2) is 8.44. The molecule has 1 aromatic heterocycles. The number of nitrogens with zero attached hydrogens (tertiary/aromatic N) is 2. The Morgan fingerprint density at radius 3 is 2.45 bits per heavy atom. The highest BCUT2D eigenvalue weighted by Crippen LogP contribution is 2.27. The molecule has 152 valence electrons. The van der Waals surface area contributed by atoms with Crippen molar-refractivity contribution >= 4 is 49.7 Å². The van der Waals surface area contributed by atoms with Crippen molar-refractivity contribution in [1.82, 2.24) is 10.2 Å². The van der Waals surface area contributed by atoms with Gasteiger partial charge in [-0.1, -0.05) is 36.8 Å². The monoisotopic (exact) mass is 454 g/mol. The van der Waals surface area contributed by atoms with E-state index in [9.17, 15) is 17.6 Å². The van der Waals surface area contributed by atoms with Gasteiger partial charge < -0.3 is 0 Å². The Morgan fingerprint density at radius 2 is 1.83 bits per heavy atom. The highest BCUT2D eigenvalue weighted by Gasteiger charge is 2.21. The summed E-state index contributed by atoms with van der Waals surface area (Å²) >= 11 is 7.28. The van der Waals surface area contributed by atoms with Gasteiger partial charge in [0.05, 0.1) is 5.02 Å². The zero-order valence-corrected chi connectivity index (χ0v) is 17.7. The van der Waals surface area contributed by atoms with Gasteiger partial charge in [0.1, 0.15) is 15.7 Å². The van der Waals surface area contributed by atoms with Gasteiger partial charge in [-0.05, 0) is 42.5 Å². The third kappa shape index (κ3) is 5.08. The Labute approximate surface area is 176 Å². The highest BCUT2D eigenvalue weighted by atomic mass is 35.5. The minimum atomic E-state index is -4.10. The SMILES string of the molecule is CC(C)c1nnc(NC(=O)c2ccc(Cl)c(S(=O)(=O)Nc3ccc(F)cc3)c2)s1. The van der Waals surface area contributed by atoms with Crippen LogP contribution in [-0.2, 0) is 10.0 Å². The van der Waals surface area contributed by atoms with E-state index in [2.05, 4.69) is 20.2 Å². The van der Waals surface area contributed by atoms with Crippen LogP contribution in [0.15, 0.2) is 47.4 Å². The molecule has 2 N–H and O–H groups in total. The lowest BCUT2D eigenvalue weighted by Gasteiger charge is -2.11. The van der Waals surface area contributed by atoms with E-state index >= 15 is 0 Å². The van der Waals surface area contributed by atoms with Gasteiger partial charge in [-0.2, -0.15) is 0 Å². The van der Waals surface area contributed by atoms with Crippen LogP contribution in [0.25, 0.3) is 0 Å².